The first-order valence-electron chi connectivity index (χ1n) is 7.65. The molecule has 3 rings (SSSR count). The smallest absolute Gasteiger partial charge is 0.358 e. The molecule has 2 aromatic heterocycles. The number of nitrogens with zero attached hydrogens (tertiary/aromatic N) is 5. The first-order chi connectivity index (χ1) is 12.1. The Hall–Kier alpha value is -3.49. The summed E-state index contributed by atoms with van der Waals surface area (Å²) in [4.78, 5) is 22.0. The number of aromatic nitrogens is 4. The van der Waals surface area contributed by atoms with Crippen molar-refractivity contribution in [1.29, 1.82) is 0 Å². The molecule has 0 radical (unpaired) electrons. The summed E-state index contributed by atoms with van der Waals surface area (Å²) in [6, 6.07) is 12.9. The minimum absolute atomic E-state index is 0.143. The Labute approximate surface area is 143 Å². The van der Waals surface area contributed by atoms with E-state index in [9.17, 15) is 14.9 Å². The molecule has 3 aromatic rings. The van der Waals surface area contributed by atoms with Crippen LogP contribution in [0.1, 0.15) is 12.0 Å². The van der Waals surface area contributed by atoms with E-state index in [1.807, 2.05) is 30.3 Å². The molecule has 9 nitrogen and oxygen atoms in total. The van der Waals surface area contributed by atoms with Crippen LogP contribution in [0.2, 0.25) is 0 Å². The maximum atomic E-state index is 12.0. The van der Waals surface area contributed by atoms with Gasteiger partial charge in [0, 0.05) is 18.7 Å². The average molecular weight is 340 g/mol. The van der Waals surface area contributed by atoms with E-state index in [0.717, 1.165) is 5.56 Å². The summed E-state index contributed by atoms with van der Waals surface area (Å²) in [5.74, 6) is -0.00412. The molecule has 128 valence electrons. The van der Waals surface area contributed by atoms with Crippen LogP contribution in [-0.2, 0) is 17.9 Å². The Bertz CT molecular complexity index is 871. The Balaban J connectivity index is 1.50. The second-order valence-corrected chi connectivity index (χ2v) is 5.38. The quantitative estimate of drug-likeness (QED) is 0.523. The highest BCUT2D eigenvalue weighted by Gasteiger charge is 2.12. The molecular weight excluding hydrogens is 324 g/mol. The fraction of sp³-hybridized carbons (Fsp3) is 0.188. The summed E-state index contributed by atoms with van der Waals surface area (Å²) in [7, 11) is 0. The van der Waals surface area contributed by atoms with Gasteiger partial charge in [0.05, 0.1) is 30.5 Å². The van der Waals surface area contributed by atoms with Gasteiger partial charge in [0.15, 0.2) is 5.82 Å². The van der Waals surface area contributed by atoms with Gasteiger partial charge in [0.2, 0.25) is 5.91 Å². The zero-order valence-electron chi connectivity index (χ0n) is 13.3. The van der Waals surface area contributed by atoms with E-state index in [0.29, 0.717) is 12.4 Å². The third-order valence-electron chi connectivity index (χ3n) is 3.48. The summed E-state index contributed by atoms with van der Waals surface area (Å²) < 4.78 is 3.10. The van der Waals surface area contributed by atoms with Crippen LogP contribution in [0.25, 0.3) is 0 Å². The number of nitrogens with one attached hydrogen (secondary N) is 1. The summed E-state index contributed by atoms with van der Waals surface area (Å²) in [5, 5.41) is 21.3. The molecule has 0 atom stereocenters. The fourth-order valence-corrected chi connectivity index (χ4v) is 2.28. The van der Waals surface area contributed by atoms with Crippen LogP contribution in [-0.4, -0.2) is 30.4 Å². The molecule has 0 fully saturated rings. The Morgan fingerprint density at radius 3 is 2.56 bits per heavy atom. The molecule has 0 aliphatic carbocycles. The number of benzene rings is 1. The van der Waals surface area contributed by atoms with Crippen molar-refractivity contribution in [2.24, 2.45) is 0 Å². The van der Waals surface area contributed by atoms with Crippen LogP contribution in [0.4, 0.5) is 11.6 Å². The number of rotatable bonds is 7. The third kappa shape index (κ3) is 4.50. The highest BCUT2D eigenvalue weighted by molar-refractivity contribution is 5.89. The number of anilines is 1. The molecule has 0 aliphatic rings. The standard InChI is InChI=1S/C16H16N6O3/c23-16(8-11-20-10-7-15(19-20)22(24)25)17-14-6-9-21(18-14)12-13-4-2-1-3-5-13/h1-7,9-10H,8,11-12H2,(H,17,18,23). The van der Waals surface area contributed by atoms with E-state index < -0.39 is 4.92 Å². The normalized spacial score (nSPS) is 10.6. The lowest BCUT2D eigenvalue weighted by atomic mass is 10.2. The van der Waals surface area contributed by atoms with Gasteiger partial charge in [-0.05, 0) is 10.5 Å². The molecule has 0 unspecified atom stereocenters. The van der Waals surface area contributed by atoms with Gasteiger partial charge in [0.1, 0.15) is 0 Å². The molecule has 25 heavy (non-hydrogen) atoms. The predicted octanol–water partition coefficient (Wildman–Crippen LogP) is 2.06. The number of nitro groups is 1. The molecule has 2 heterocycles. The first-order valence-corrected chi connectivity index (χ1v) is 7.65. The largest absolute Gasteiger partial charge is 0.389 e. The molecule has 1 N–H and O–H groups in total. The van der Waals surface area contributed by atoms with Crippen molar-refractivity contribution in [3.63, 3.8) is 0 Å². The van der Waals surface area contributed by atoms with Crippen LogP contribution < -0.4 is 5.32 Å². The minimum atomic E-state index is -0.573. The second kappa shape index (κ2) is 7.39. The Morgan fingerprint density at radius 1 is 1.08 bits per heavy atom. The van der Waals surface area contributed by atoms with Crippen molar-refractivity contribution in [2.75, 3.05) is 5.32 Å². The highest BCUT2D eigenvalue weighted by atomic mass is 16.6. The van der Waals surface area contributed by atoms with E-state index >= 15 is 0 Å². The molecule has 1 amide bonds. The van der Waals surface area contributed by atoms with E-state index in [1.54, 1.807) is 16.9 Å². The van der Waals surface area contributed by atoms with Crippen molar-refractivity contribution < 1.29 is 9.72 Å². The fourth-order valence-electron chi connectivity index (χ4n) is 2.28. The van der Waals surface area contributed by atoms with Crippen molar-refractivity contribution in [2.45, 2.75) is 19.5 Å². The Morgan fingerprint density at radius 2 is 1.84 bits per heavy atom. The Kier molecular flexibility index (Phi) is 4.84. The van der Waals surface area contributed by atoms with E-state index in [2.05, 4.69) is 15.5 Å². The van der Waals surface area contributed by atoms with Gasteiger partial charge in [-0.15, -0.1) is 0 Å². The zero-order valence-corrected chi connectivity index (χ0v) is 13.3. The van der Waals surface area contributed by atoms with Gasteiger partial charge in [-0.2, -0.15) is 9.78 Å². The number of hydrogen-bond donors (Lipinski definition) is 1. The van der Waals surface area contributed by atoms with Gasteiger partial charge < -0.3 is 15.4 Å². The summed E-state index contributed by atoms with van der Waals surface area (Å²) >= 11 is 0. The lowest BCUT2D eigenvalue weighted by Crippen LogP contribution is -2.15. The molecule has 0 aliphatic heterocycles. The summed E-state index contributed by atoms with van der Waals surface area (Å²) in [6.07, 6.45) is 3.41. The van der Waals surface area contributed by atoms with Gasteiger partial charge in [0.25, 0.3) is 0 Å². The number of amides is 1. The van der Waals surface area contributed by atoms with Crippen LogP contribution in [0, 0.1) is 10.1 Å². The van der Waals surface area contributed by atoms with Crippen molar-refractivity contribution in [3.8, 4) is 0 Å². The monoisotopic (exact) mass is 340 g/mol. The maximum Gasteiger partial charge on any atom is 0.389 e. The van der Waals surface area contributed by atoms with E-state index in [4.69, 9.17) is 0 Å². The van der Waals surface area contributed by atoms with E-state index in [1.165, 1.54) is 16.9 Å². The third-order valence-corrected chi connectivity index (χ3v) is 3.48. The lowest BCUT2D eigenvalue weighted by Gasteiger charge is -2.02. The number of carbonyl (C=O) groups excluding carboxylic acids is 1. The average Bonchev–Trinajstić information content (AvgIpc) is 3.23. The summed E-state index contributed by atoms with van der Waals surface area (Å²) in [6.45, 7) is 0.873. The van der Waals surface area contributed by atoms with Gasteiger partial charge in [-0.25, -0.2) is 0 Å². The van der Waals surface area contributed by atoms with Crippen LogP contribution >= 0.6 is 0 Å². The number of hydrogen-bond acceptors (Lipinski definition) is 5. The van der Waals surface area contributed by atoms with Gasteiger partial charge in [-0.3, -0.25) is 9.48 Å². The molecule has 0 bridgehead atoms. The van der Waals surface area contributed by atoms with Crippen molar-refractivity contribution in [3.05, 3.63) is 70.5 Å². The molecular formula is C16H16N6O3. The minimum Gasteiger partial charge on any atom is -0.358 e. The molecule has 0 saturated heterocycles. The van der Waals surface area contributed by atoms with Crippen LogP contribution in [0.15, 0.2) is 54.9 Å². The molecule has 9 heteroatoms. The van der Waals surface area contributed by atoms with Crippen molar-refractivity contribution in [1.82, 2.24) is 19.6 Å². The maximum absolute atomic E-state index is 12.0. The number of carbonyl (C=O) groups is 1. The second-order valence-electron chi connectivity index (χ2n) is 5.38. The molecule has 1 aromatic carbocycles. The van der Waals surface area contributed by atoms with E-state index in [-0.39, 0.29) is 24.7 Å². The van der Waals surface area contributed by atoms with Gasteiger partial charge in [-0.1, -0.05) is 30.3 Å². The zero-order chi connectivity index (χ0) is 17.6. The molecule has 0 spiro atoms. The first kappa shape index (κ1) is 16.4. The lowest BCUT2D eigenvalue weighted by molar-refractivity contribution is -0.389. The van der Waals surface area contributed by atoms with Crippen molar-refractivity contribution >= 4 is 17.5 Å². The molecule has 0 saturated carbocycles. The van der Waals surface area contributed by atoms with Crippen LogP contribution in [0.5, 0.6) is 0 Å². The number of aryl methyl sites for hydroxylation is 1. The van der Waals surface area contributed by atoms with Gasteiger partial charge >= 0.3 is 5.82 Å². The predicted molar refractivity (Wildman–Crippen MR) is 89.9 cm³/mol. The topological polar surface area (TPSA) is 108 Å². The SMILES string of the molecule is O=C(CCn1ccc([N+](=O)[O-])n1)Nc1ccn(Cc2ccccc2)n1. The summed E-state index contributed by atoms with van der Waals surface area (Å²) in [5.41, 5.74) is 1.11. The highest BCUT2D eigenvalue weighted by Crippen LogP contribution is 2.08. The van der Waals surface area contributed by atoms with Crippen LogP contribution in [0.3, 0.4) is 0 Å².